The molecule has 3 aliphatic rings. The highest BCUT2D eigenvalue weighted by molar-refractivity contribution is 6.47. The van der Waals surface area contributed by atoms with Gasteiger partial charge in [-0.1, -0.05) is 0 Å². The molecule has 3 aromatic rings. The summed E-state index contributed by atoms with van der Waals surface area (Å²) in [6.45, 7) is 0.661. The van der Waals surface area contributed by atoms with Crippen molar-refractivity contribution in [3.8, 4) is 0 Å². The van der Waals surface area contributed by atoms with E-state index in [0.717, 1.165) is 11.3 Å². The summed E-state index contributed by atoms with van der Waals surface area (Å²) in [5.74, 6) is -2.27. The van der Waals surface area contributed by atoms with Gasteiger partial charge in [-0.05, 0) is 36.2 Å². The SMILES string of the molecule is O=C1NC(=O)C(c2cnc3ccc(F)cn23)=C1C1=NC=CN2CCc3cc(F)cc1c32. The molecule has 2 aromatic heterocycles. The lowest BCUT2D eigenvalue weighted by Crippen LogP contribution is -2.25. The van der Waals surface area contributed by atoms with E-state index in [-0.39, 0.29) is 22.6 Å². The maximum atomic E-state index is 14.4. The highest BCUT2D eigenvalue weighted by Gasteiger charge is 2.38. The Morgan fingerprint density at radius 1 is 1.03 bits per heavy atom. The number of amides is 2. The number of nitrogens with zero attached hydrogens (tertiary/aromatic N) is 4. The monoisotopic (exact) mass is 417 g/mol. The molecule has 7 nitrogen and oxygen atoms in total. The van der Waals surface area contributed by atoms with Crippen molar-refractivity contribution in [2.24, 2.45) is 4.99 Å². The number of pyridine rings is 1. The first-order valence-corrected chi connectivity index (χ1v) is 9.58. The summed E-state index contributed by atoms with van der Waals surface area (Å²) in [7, 11) is 0. The zero-order valence-electron chi connectivity index (χ0n) is 15.9. The Labute approximate surface area is 174 Å². The van der Waals surface area contributed by atoms with Crippen LogP contribution in [0.5, 0.6) is 0 Å². The second kappa shape index (κ2) is 6.18. The molecule has 0 atom stereocenters. The molecule has 0 aliphatic carbocycles. The Balaban J connectivity index is 1.65. The number of benzene rings is 1. The fourth-order valence-electron chi connectivity index (χ4n) is 4.39. The van der Waals surface area contributed by atoms with Crippen molar-refractivity contribution in [2.75, 3.05) is 11.4 Å². The minimum atomic E-state index is -0.650. The summed E-state index contributed by atoms with van der Waals surface area (Å²) in [6.07, 6.45) is 6.53. The number of carbonyl (C=O) groups is 2. The van der Waals surface area contributed by atoms with E-state index in [2.05, 4.69) is 15.3 Å². The molecule has 0 spiro atoms. The van der Waals surface area contributed by atoms with Crippen molar-refractivity contribution in [2.45, 2.75) is 6.42 Å². The normalized spacial score (nSPS) is 17.4. The van der Waals surface area contributed by atoms with Crippen LogP contribution in [-0.4, -0.2) is 33.5 Å². The first-order valence-electron chi connectivity index (χ1n) is 9.58. The van der Waals surface area contributed by atoms with Crippen LogP contribution < -0.4 is 10.2 Å². The summed E-state index contributed by atoms with van der Waals surface area (Å²) in [4.78, 5) is 36.2. The van der Waals surface area contributed by atoms with Crippen LogP contribution in [0.4, 0.5) is 14.5 Å². The van der Waals surface area contributed by atoms with Crippen LogP contribution in [0.1, 0.15) is 16.8 Å². The Morgan fingerprint density at radius 2 is 1.87 bits per heavy atom. The van der Waals surface area contributed by atoms with Gasteiger partial charge in [-0.25, -0.2) is 13.8 Å². The van der Waals surface area contributed by atoms with E-state index in [1.807, 2.05) is 4.90 Å². The van der Waals surface area contributed by atoms with E-state index >= 15 is 0 Å². The van der Waals surface area contributed by atoms with Gasteiger partial charge in [0.05, 0.1) is 34.4 Å². The number of imidazole rings is 1. The molecule has 0 fully saturated rings. The fraction of sp³-hybridized carbons (Fsp3) is 0.0909. The molecule has 3 aliphatic heterocycles. The van der Waals surface area contributed by atoms with E-state index in [4.69, 9.17) is 0 Å². The number of nitrogens with one attached hydrogen (secondary N) is 1. The van der Waals surface area contributed by atoms with E-state index in [1.54, 1.807) is 6.20 Å². The molecule has 1 aromatic carbocycles. The molecule has 152 valence electrons. The van der Waals surface area contributed by atoms with Crippen molar-refractivity contribution >= 4 is 34.4 Å². The Bertz CT molecular complexity index is 1430. The summed E-state index contributed by atoms with van der Waals surface area (Å²) in [6, 6.07) is 5.51. The molecule has 0 unspecified atom stereocenters. The average molecular weight is 417 g/mol. The van der Waals surface area contributed by atoms with Gasteiger partial charge in [-0.2, -0.15) is 0 Å². The number of aromatic nitrogens is 2. The number of carbonyl (C=O) groups excluding carboxylic acids is 2. The van der Waals surface area contributed by atoms with Gasteiger partial charge in [-0.3, -0.25) is 24.3 Å². The highest BCUT2D eigenvalue weighted by Crippen LogP contribution is 2.38. The summed E-state index contributed by atoms with van der Waals surface area (Å²) in [5.41, 5.74) is 2.85. The minimum Gasteiger partial charge on any atom is -0.345 e. The zero-order valence-corrected chi connectivity index (χ0v) is 15.9. The smallest absolute Gasteiger partial charge is 0.261 e. The second-order valence-corrected chi connectivity index (χ2v) is 7.43. The van der Waals surface area contributed by atoms with Gasteiger partial charge in [0.2, 0.25) is 0 Å². The zero-order chi connectivity index (χ0) is 21.3. The number of fused-ring (bicyclic) bond motifs is 1. The molecule has 1 N–H and O–H groups in total. The van der Waals surface area contributed by atoms with Crippen LogP contribution in [0.3, 0.4) is 0 Å². The number of aliphatic imine (C=N–C) groups is 1. The van der Waals surface area contributed by atoms with Gasteiger partial charge in [0.1, 0.15) is 17.3 Å². The lowest BCUT2D eigenvalue weighted by Gasteiger charge is -2.17. The van der Waals surface area contributed by atoms with Gasteiger partial charge in [0.15, 0.2) is 0 Å². The summed E-state index contributed by atoms with van der Waals surface area (Å²) < 4.78 is 29.7. The van der Waals surface area contributed by atoms with Crippen LogP contribution in [0, 0.1) is 11.6 Å². The van der Waals surface area contributed by atoms with Crippen LogP contribution in [0.2, 0.25) is 0 Å². The number of halogens is 2. The fourth-order valence-corrected chi connectivity index (χ4v) is 4.39. The molecule has 6 rings (SSSR count). The molecule has 0 saturated carbocycles. The molecular formula is C22H13F2N5O2. The molecule has 0 saturated heterocycles. The third-order valence-electron chi connectivity index (χ3n) is 5.66. The number of hydrogen-bond acceptors (Lipinski definition) is 5. The van der Waals surface area contributed by atoms with Crippen molar-refractivity contribution < 1.29 is 18.4 Å². The van der Waals surface area contributed by atoms with Gasteiger partial charge in [0.25, 0.3) is 11.8 Å². The highest BCUT2D eigenvalue weighted by atomic mass is 19.1. The number of imide groups is 1. The lowest BCUT2D eigenvalue weighted by atomic mass is 9.94. The first-order chi connectivity index (χ1) is 15.0. The van der Waals surface area contributed by atoms with E-state index in [0.29, 0.717) is 24.2 Å². The van der Waals surface area contributed by atoms with Crippen molar-refractivity contribution in [1.82, 2.24) is 14.7 Å². The second-order valence-electron chi connectivity index (χ2n) is 7.43. The van der Waals surface area contributed by atoms with Crippen molar-refractivity contribution in [3.05, 3.63) is 83.1 Å². The van der Waals surface area contributed by atoms with Crippen LogP contribution >= 0.6 is 0 Å². The summed E-state index contributed by atoms with van der Waals surface area (Å²) >= 11 is 0. The Hall–Kier alpha value is -4.14. The predicted molar refractivity (Wildman–Crippen MR) is 108 cm³/mol. The van der Waals surface area contributed by atoms with Gasteiger partial charge in [-0.15, -0.1) is 0 Å². The first kappa shape index (κ1) is 17.7. The molecule has 31 heavy (non-hydrogen) atoms. The third-order valence-corrected chi connectivity index (χ3v) is 5.66. The maximum Gasteiger partial charge on any atom is 0.261 e. The quantitative estimate of drug-likeness (QED) is 0.650. The van der Waals surface area contributed by atoms with Crippen LogP contribution in [-0.2, 0) is 16.0 Å². The van der Waals surface area contributed by atoms with Crippen LogP contribution in [0.25, 0.3) is 11.2 Å². The number of rotatable bonds is 2. The van der Waals surface area contributed by atoms with Crippen molar-refractivity contribution in [3.63, 3.8) is 0 Å². The topological polar surface area (TPSA) is 79.1 Å². The Kier molecular flexibility index (Phi) is 3.53. The molecular weight excluding hydrogens is 404 g/mol. The molecule has 0 bridgehead atoms. The van der Waals surface area contributed by atoms with E-state index in [1.165, 1.54) is 47.3 Å². The molecule has 0 radical (unpaired) electrons. The van der Waals surface area contributed by atoms with Gasteiger partial charge < -0.3 is 4.90 Å². The van der Waals surface area contributed by atoms with Crippen molar-refractivity contribution in [1.29, 1.82) is 0 Å². The average Bonchev–Trinajstić information content (AvgIpc) is 3.36. The minimum absolute atomic E-state index is 0.00209. The number of anilines is 1. The third kappa shape index (κ3) is 2.49. The van der Waals surface area contributed by atoms with Gasteiger partial charge in [0, 0.05) is 30.7 Å². The summed E-state index contributed by atoms with van der Waals surface area (Å²) in [5, 5.41) is 2.29. The van der Waals surface area contributed by atoms with E-state index < -0.39 is 23.4 Å². The predicted octanol–water partition coefficient (Wildman–Crippen LogP) is 2.36. The number of hydrogen-bond donors (Lipinski definition) is 1. The Morgan fingerprint density at radius 3 is 2.74 bits per heavy atom. The standard InChI is InChI=1S/C22H13F2N5O2/c23-12-1-2-16-26-9-15(29(16)10-12)17-18(22(31)27-21(17)30)19-14-8-13(24)7-11-3-5-28(20(11)14)6-4-25-19/h1-2,4,6-10H,3,5H2,(H,27,30,31). The molecule has 9 heteroatoms. The maximum absolute atomic E-state index is 14.4. The molecule has 5 heterocycles. The van der Waals surface area contributed by atoms with E-state index in [9.17, 15) is 18.4 Å². The largest absolute Gasteiger partial charge is 0.345 e. The van der Waals surface area contributed by atoms with Crippen LogP contribution in [0.15, 0.2) is 59.6 Å². The lowest BCUT2D eigenvalue weighted by molar-refractivity contribution is -0.123. The van der Waals surface area contributed by atoms with Gasteiger partial charge >= 0.3 is 0 Å². The molecule has 2 amide bonds.